The Morgan fingerprint density at radius 3 is 2.72 bits per heavy atom. The van der Waals surface area contributed by atoms with E-state index >= 15 is 0 Å². The third-order valence-electron chi connectivity index (χ3n) is 8.31. The van der Waals surface area contributed by atoms with Crippen LogP contribution in [0.25, 0.3) is 0 Å². The molecule has 13 nitrogen and oxygen atoms in total. The molecule has 0 aromatic carbocycles. The van der Waals surface area contributed by atoms with Gasteiger partial charge in [-0.2, -0.15) is 4.90 Å². The van der Waals surface area contributed by atoms with Crippen LogP contribution in [-0.2, 0) is 31.1 Å². The Bertz CT molecular complexity index is 1590. The molecule has 224 valence electrons. The van der Waals surface area contributed by atoms with Crippen molar-refractivity contribution in [3.8, 4) is 0 Å². The highest BCUT2D eigenvalue weighted by molar-refractivity contribution is 7.13. The predicted octanol–water partition coefficient (Wildman–Crippen LogP) is 0.0698. The fourth-order valence-electron chi connectivity index (χ4n) is 6.12. The Balaban J connectivity index is 1.20. The molecule has 0 bridgehead atoms. The van der Waals surface area contributed by atoms with Crippen molar-refractivity contribution in [1.29, 1.82) is 0 Å². The number of hydrogen-bond donors (Lipinski definition) is 2. The zero-order valence-electron chi connectivity index (χ0n) is 23.5. The number of carbonyl (C=O) groups excluding carboxylic acids is 4. The number of pyridine rings is 1. The highest BCUT2D eigenvalue weighted by Crippen LogP contribution is 2.38. The number of oxime groups is 1. The molecule has 0 spiro atoms. The van der Waals surface area contributed by atoms with Crippen molar-refractivity contribution in [3.05, 3.63) is 58.4 Å². The van der Waals surface area contributed by atoms with Crippen LogP contribution in [0.2, 0.25) is 0 Å². The van der Waals surface area contributed by atoms with Crippen molar-refractivity contribution in [1.82, 2.24) is 15.2 Å². The van der Waals surface area contributed by atoms with E-state index in [2.05, 4.69) is 15.5 Å². The van der Waals surface area contributed by atoms with Gasteiger partial charge >= 0.3 is 5.91 Å². The third kappa shape index (κ3) is 5.38. The topological polar surface area (TPSA) is 174 Å². The number of amides is 3. The maximum Gasteiger partial charge on any atom is 0.337 e. The SMILES string of the molecule is C[n+]1ccccc1N1CCC(=CC2=C(C(=O)[O-])N3C(=O)[C@@H](NC(=O)/C(=N\OC4CCCC4)c4csc(N)n4)[C@H]3CC2)C1=O. The standard InChI is InChI=1S/C29H31N7O6S/c1-34-12-5-4-8-21(34)35-13-11-17(26(35)38)14-16-9-10-20-23(27(39)36(20)24(16)28(40)41)32-25(37)22(19-15-43-29(30)31-19)33-42-18-6-2-3-7-18/h4-5,8,12,14-15,18,20,23H,2-3,6-7,9-11,13H2,1H3,(H3-,30,31,32,37,40,41)/b17-14?,33-22-/t20-,23+/m1/s1. The quantitative estimate of drug-likeness (QED) is 0.140. The van der Waals surface area contributed by atoms with Crippen molar-refractivity contribution >= 4 is 51.7 Å². The number of carboxylic acid groups (broad SMARTS) is 1. The van der Waals surface area contributed by atoms with E-state index in [0.717, 1.165) is 47.7 Å². The molecule has 1 saturated carbocycles. The molecule has 0 unspecified atom stereocenters. The summed E-state index contributed by atoms with van der Waals surface area (Å²) in [5.41, 5.74) is 6.44. The second kappa shape index (κ2) is 11.6. The van der Waals surface area contributed by atoms with Crippen molar-refractivity contribution in [2.75, 3.05) is 17.2 Å². The van der Waals surface area contributed by atoms with Crippen molar-refractivity contribution in [2.45, 2.75) is 63.1 Å². The lowest BCUT2D eigenvalue weighted by Gasteiger charge is -2.51. The summed E-state index contributed by atoms with van der Waals surface area (Å²) in [6.07, 6.45) is 8.12. The van der Waals surface area contributed by atoms with E-state index in [1.54, 1.807) is 16.4 Å². The van der Waals surface area contributed by atoms with Gasteiger partial charge in [0.25, 0.3) is 17.6 Å². The fraction of sp³-hybridized carbons (Fsp3) is 0.414. The van der Waals surface area contributed by atoms with E-state index in [9.17, 15) is 24.3 Å². The van der Waals surface area contributed by atoms with Gasteiger partial charge in [-0.05, 0) is 56.2 Å². The monoisotopic (exact) mass is 605 g/mol. The largest absolute Gasteiger partial charge is 0.543 e. The normalized spacial score (nSPS) is 23.6. The van der Waals surface area contributed by atoms with Crippen LogP contribution >= 0.6 is 11.3 Å². The lowest BCUT2D eigenvalue weighted by molar-refractivity contribution is -0.658. The maximum atomic E-state index is 13.3. The number of fused-ring (bicyclic) bond motifs is 1. The van der Waals surface area contributed by atoms with Crippen molar-refractivity contribution in [3.63, 3.8) is 0 Å². The van der Waals surface area contributed by atoms with E-state index in [1.807, 2.05) is 36.0 Å². The summed E-state index contributed by atoms with van der Waals surface area (Å²) in [6.45, 7) is 0.453. The molecule has 4 aliphatic rings. The van der Waals surface area contributed by atoms with Gasteiger partial charge in [0.15, 0.2) is 10.8 Å². The van der Waals surface area contributed by atoms with Crippen LogP contribution in [0.15, 0.2) is 57.9 Å². The zero-order chi connectivity index (χ0) is 30.2. The summed E-state index contributed by atoms with van der Waals surface area (Å²) >= 11 is 1.14. The summed E-state index contributed by atoms with van der Waals surface area (Å²) in [7, 11) is 1.84. The molecule has 3 N–H and O–H groups in total. The molecule has 3 aliphatic heterocycles. The zero-order valence-corrected chi connectivity index (χ0v) is 24.3. The lowest BCUT2D eigenvalue weighted by Crippen LogP contribution is -2.72. The smallest absolute Gasteiger partial charge is 0.337 e. The van der Waals surface area contributed by atoms with Gasteiger partial charge in [-0.25, -0.2) is 14.3 Å². The second-order valence-electron chi connectivity index (χ2n) is 11.0. The Kier molecular flexibility index (Phi) is 7.69. The van der Waals surface area contributed by atoms with Crippen LogP contribution in [-0.4, -0.2) is 64.0 Å². The lowest BCUT2D eigenvalue weighted by atomic mass is 9.82. The summed E-state index contributed by atoms with van der Waals surface area (Å²) in [5, 5.41) is 20.9. The summed E-state index contributed by atoms with van der Waals surface area (Å²) < 4.78 is 1.84. The van der Waals surface area contributed by atoms with Crippen LogP contribution in [0.5, 0.6) is 0 Å². The van der Waals surface area contributed by atoms with E-state index in [-0.39, 0.29) is 40.7 Å². The third-order valence-corrected chi connectivity index (χ3v) is 8.98. The molecule has 6 rings (SSSR count). The summed E-state index contributed by atoms with van der Waals surface area (Å²) in [6, 6.07) is 3.99. The number of nitrogens with one attached hydrogen (secondary N) is 1. The number of nitrogen functional groups attached to an aromatic ring is 1. The number of aryl methyl sites for hydroxylation is 1. The number of carboxylic acids is 1. The van der Waals surface area contributed by atoms with Gasteiger partial charge in [0.2, 0.25) is 0 Å². The molecule has 2 aromatic heterocycles. The van der Waals surface area contributed by atoms with Crippen LogP contribution in [0.3, 0.4) is 0 Å². The number of carbonyl (C=O) groups is 4. The molecule has 3 amide bonds. The van der Waals surface area contributed by atoms with Gasteiger partial charge in [-0.3, -0.25) is 9.59 Å². The maximum absolute atomic E-state index is 13.3. The van der Waals surface area contributed by atoms with Crippen LogP contribution in [0.1, 0.15) is 50.6 Å². The highest BCUT2D eigenvalue weighted by atomic mass is 32.1. The molecular formula is C29H31N7O6S. The van der Waals surface area contributed by atoms with Crippen LogP contribution < -0.4 is 25.6 Å². The molecule has 2 saturated heterocycles. The minimum atomic E-state index is -1.52. The number of aromatic nitrogens is 2. The molecule has 3 fully saturated rings. The van der Waals surface area contributed by atoms with Gasteiger partial charge in [-0.1, -0.05) is 11.2 Å². The van der Waals surface area contributed by atoms with E-state index in [0.29, 0.717) is 30.5 Å². The molecule has 0 radical (unpaired) electrons. The van der Waals surface area contributed by atoms with Gasteiger partial charge in [0.1, 0.15) is 17.8 Å². The van der Waals surface area contributed by atoms with Gasteiger partial charge in [-0.15, -0.1) is 11.3 Å². The number of anilines is 2. The number of nitrogens with two attached hydrogens (primary N) is 1. The minimum absolute atomic E-state index is 0.0980. The Morgan fingerprint density at radius 1 is 1.23 bits per heavy atom. The first-order valence-corrected chi connectivity index (χ1v) is 15.1. The number of hydrogen-bond acceptors (Lipinski definition) is 10. The average molecular weight is 606 g/mol. The number of allylic oxidation sites excluding steroid dienone is 2. The number of rotatable bonds is 8. The Morgan fingerprint density at radius 2 is 2.02 bits per heavy atom. The Hall–Kier alpha value is -4.59. The van der Waals surface area contributed by atoms with Crippen LogP contribution in [0, 0.1) is 0 Å². The van der Waals surface area contributed by atoms with Gasteiger partial charge in [0.05, 0.1) is 37.5 Å². The summed E-state index contributed by atoms with van der Waals surface area (Å²) in [5.74, 6) is -2.26. The molecule has 43 heavy (non-hydrogen) atoms. The van der Waals surface area contributed by atoms with Crippen molar-refractivity contribution < 1.29 is 33.7 Å². The first-order chi connectivity index (χ1) is 20.7. The molecule has 5 heterocycles. The first kappa shape index (κ1) is 28.5. The van der Waals surface area contributed by atoms with E-state index in [1.165, 1.54) is 0 Å². The minimum Gasteiger partial charge on any atom is -0.543 e. The number of aliphatic carboxylic acids is 1. The second-order valence-corrected chi connectivity index (χ2v) is 11.9. The number of nitrogens with zero attached hydrogens (tertiary/aromatic N) is 5. The fourth-order valence-corrected chi connectivity index (χ4v) is 6.67. The van der Waals surface area contributed by atoms with Gasteiger partial charge < -0.3 is 30.7 Å². The molecule has 2 atom stereocenters. The molecular weight excluding hydrogens is 574 g/mol. The molecule has 2 aromatic rings. The molecule has 14 heteroatoms. The van der Waals surface area contributed by atoms with Gasteiger partial charge in [0, 0.05) is 23.4 Å². The first-order valence-electron chi connectivity index (χ1n) is 14.2. The highest BCUT2D eigenvalue weighted by Gasteiger charge is 2.52. The van der Waals surface area contributed by atoms with Crippen LogP contribution in [0.4, 0.5) is 10.9 Å². The Labute approximate surface area is 251 Å². The van der Waals surface area contributed by atoms with E-state index < -0.39 is 29.9 Å². The number of β-lactam (4-membered cyclic amide) rings is 1. The number of thiazole rings is 1. The average Bonchev–Trinajstić information content (AvgIpc) is 3.74. The predicted molar refractivity (Wildman–Crippen MR) is 153 cm³/mol. The molecule has 1 aliphatic carbocycles. The van der Waals surface area contributed by atoms with E-state index in [4.69, 9.17) is 10.6 Å². The van der Waals surface area contributed by atoms with Crippen molar-refractivity contribution in [2.24, 2.45) is 12.2 Å². The summed E-state index contributed by atoms with van der Waals surface area (Å²) in [4.78, 5) is 64.7.